The second-order valence-corrected chi connectivity index (χ2v) is 7.34. The first-order valence-electron chi connectivity index (χ1n) is 7.33. The number of benzene rings is 1. The molecule has 2 unspecified atom stereocenters. The molecule has 2 N–H and O–H groups in total. The first kappa shape index (κ1) is 16.5. The molecule has 2 rings (SSSR count). The van der Waals surface area contributed by atoms with Crippen molar-refractivity contribution in [1.29, 1.82) is 0 Å². The van der Waals surface area contributed by atoms with E-state index in [9.17, 15) is 0 Å². The van der Waals surface area contributed by atoms with Gasteiger partial charge in [0.2, 0.25) is 0 Å². The van der Waals surface area contributed by atoms with Gasteiger partial charge in [-0.25, -0.2) is 0 Å². The maximum Gasteiger partial charge on any atom is 0.0603 e. The summed E-state index contributed by atoms with van der Waals surface area (Å²) >= 11 is 5.38. The molecule has 0 aliphatic carbocycles. The van der Waals surface area contributed by atoms with Crippen LogP contribution in [0.15, 0.2) is 40.2 Å². The highest BCUT2D eigenvalue weighted by atomic mass is 79.9. The third-order valence-electron chi connectivity index (χ3n) is 3.96. The van der Waals surface area contributed by atoms with Crippen molar-refractivity contribution >= 4 is 33.0 Å². The molecule has 0 fully saturated rings. The minimum Gasteiger partial charge on any atom is -0.367 e. The van der Waals surface area contributed by atoms with E-state index in [0.717, 1.165) is 17.3 Å². The summed E-state index contributed by atoms with van der Waals surface area (Å²) < 4.78 is 1.11. The molecule has 1 aromatic heterocycles. The van der Waals surface area contributed by atoms with Crippen LogP contribution in [0.5, 0.6) is 0 Å². The Bertz CT molecular complexity index is 568. The predicted octanol–water partition coefficient (Wildman–Crippen LogP) is 4.99. The molecule has 0 amide bonds. The Balaban J connectivity index is 2.29. The molecule has 0 bridgehead atoms. The fraction of sp³-hybridized carbons (Fsp3) is 0.412. The van der Waals surface area contributed by atoms with E-state index in [1.165, 1.54) is 16.1 Å². The van der Waals surface area contributed by atoms with Crippen molar-refractivity contribution in [2.75, 3.05) is 11.9 Å². The number of nitrogens with zero attached hydrogens (tertiary/aromatic N) is 1. The van der Waals surface area contributed by atoms with Gasteiger partial charge in [0.25, 0.3) is 0 Å². The summed E-state index contributed by atoms with van der Waals surface area (Å²) in [7, 11) is 2.16. The average molecular weight is 367 g/mol. The topological polar surface area (TPSA) is 29.3 Å². The van der Waals surface area contributed by atoms with Gasteiger partial charge in [-0.3, -0.25) is 0 Å². The molecule has 0 radical (unpaired) electrons. The lowest BCUT2D eigenvalue weighted by molar-refractivity contribution is 0.642. The predicted molar refractivity (Wildman–Crippen MR) is 97.2 cm³/mol. The van der Waals surface area contributed by atoms with Gasteiger partial charge in [-0.15, -0.1) is 11.3 Å². The zero-order chi connectivity index (χ0) is 15.4. The van der Waals surface area contributed by atoms with Crippen LogP contribution in [-0.4, -0.2) is 13.1 Å². The van der Waals surface area contributed by atoms with Crippen molar-refractivity contribution in [3.8, 4) is 0 Å². The third kappa shape index (κ3) is 4.09. The Hall–Kier alpha value is -0.840. The van der Waals surface area contributed by atoms with Gasteiger partial charge in [-0.05, 0) is 55.0 Å². The zero-order valence-corrected chi connectivity index (χ0v) is 15.2. The van der Waals surface area contributed by atoms with Crippen LogP contribution in [-0.2, 0) is 6.42 Å². The highest BCUT2D eigenvalue weighted by Gasteiger charge is 2.17. The summed E-state index contributed by atoms with van der Waals surface area (Å²) in [4.78, 5) is 3.72. The second kappa shape index (κ2) is 7.43. The van der Waals surface area contributed by atoms with Crippen molar-refractivity contribution in [3.63, 3.8) is 0 Å². The lowest BCUT2D eigenvalue weighted by Crippen LogP contribution is -2.26. The molecule has 1 aromatic carbocycles. The first-order valence-corrected chi connectivity index (χ1v) is 9.00. The smallest absolute Gasteiger partial charge is 0.0603 e. The SMILES string of the molecule is CCC(N)Cc1cc(Br)ccc1N(C)C(C)c1cccs1. The highest BCUT2D eigenvalue weighted by molar-refractivity contribution is 9.10. The van der Waals surface area contributed by atoms with Crippen LogP contribution >= 0.6 is 27.3 Å². The number of thiophene rings is 1. The van der Waals surface area contributed by atoms with Crippen LogP contribution in [0.1, 0.15) is 36.8 Å². The van der Waals surface area contributed by atoms with E-state index >= 15 is 0 Å². The minimum atomic E-state index is 0.212. The fourth-order valence-electron chi connectivity index (χ4n) is 2.42. The molecule has 0 aliphatic rings. The Labute approximate surface area is 140 Å². The number of anilines is 1. The molecule has 4 heteroatoms. The summed E-state index contributed by atoms with van der Waals surface area (Å²) in [6.45, 7) is 4.39. The molecule has 2 atom stereocenters. The maximum absolute atomic E-state index is 6.16. The van der Waals surface area contributed by atoms with Crippen LogP contribution in [0.3, 0.4) is 0 Å². The fourth-order valence-corrected chi connectivity index (χ4v) is 3.65. The normalized spacial score (nSPS) is 14.0. The van der Waals surface area contributed by atoms with Crippen LogP contribution in [0.4, 0.5) is 5.69 Å². The Morgan fingerprint density at radius 1 is 1.33 bits per heavy atom. The van der Waals surface area contributed by atoms with E-state index < -0.39 is 0 Å². The zero-order valence-electron chi connectivity index (χ0n) is 12.8. The maximum atomic E-state index is 6.16. The lowest BCUT2D eigenvalue weighted by atomic mass is 10.0. The van der Waals surface area contributed by atoms with Gasteiger partial charge >= 0.3 is 0 Å². The van der Waals surface area contributed by atoms with Gasteiger partial charge in [0.05, 0.1) is 6.04 Å². The molecule has 0 saturated heterocycles. The van der Waals surface area contributed by atoms with Crippen molar-refractivity contribution in [2.45, 2.75) is 38.8 Å². The molecule has 114 valence electrons. The Morgan fingerprint density at radius 3 is 2.71 bits per heavy atom. The number of nitrogens with two attached hydrogens (primary N) is 1. The third-order valence-corrected chi connectivity index (χ3v) is 5.50. The molecule has 0 spiro atoms. The van der Waals surface area contributed by atoms with Gasteiger partial charge in [0.1, 0.15) is 0 Å². The molecular weight excluding hydrogens is 344 g/mol. The first-order chi connectivity index (χ1) is 10.0. The van der Waals surface area contributed by atoms with E-state index in [4.69, 9.17) is 5.73 Å². The quantitative estimate of drug-likeness (QED) is 0.780. The summed E-state index contributed by atoms with van der Waals surface area (Å²) in [6.07, 6.45) is 1.91. The van der Waals surface area contributed by atoms with E-state index in [1.807, 2.05) is 0 Å². The highest BCUT2D eigenvalue weighted by Crippen LogP contribution is 2.32. The molecular formula is C17H23BrN2S. The standard InChI is InChI=1S/C17H23BrN2S/c1-4-15(19)11-13-10-14(18)7-8-16(13)20(3)12(2)17-6-5-9-21-17/h5-10,12,15H,4,11,19H2,1-3H3. The van der Waals surface area contributed by atoms with Crippen molar-refractivity contribution in [1.82, 2.24) is 0 Å². The number of halogens is 1. The summed E-state index contributed by atoms with van der Waals surface area (Å²) in [6, 6.07) is 11.4. The van der Waals surface area contributed by atoms with Crippen LogP contribution in [0.2, 0.25) is 0 Å². The van der Waals surface area contributed by atoms with E-state index in [-0.39, 0.29) is 6.04 Å². The van der Waals surface area contributed by atoms with E-state index in [0.29, 0.717) is 6.04 Å². The molecule has 2 aromatic rings. The van der Waals surface area contributed by atoms with Crippen LogP contribution < -0.4 is 10.6 Å². The van der Waals surface area contributed by atoms with Gasteiger partial charge in [-0.1, -0.05) is 28.9 Å². The van der Waals surface area contributed by atoms with Gasteiger partial charge in [0.15, 0.2) is 0 Å². The molecule has 21 heavy (non-hydrogen) atoms. The summed E-state index contributed by atoms with van der Waals surface area (Å²) in [5.41, 5.74) is 8.74. The monoisotopic (exact) mass is 366 g/mol. The van der Waals surface area contributed by atoms with Gasteiger partial charge < -0.3 is 10.6 Å². The molecule has 1 heterocycles. The van der Waals surface area contributed by atoms with E-state index in [2.05, 4.69) is 77.4 Å². The molecule has 0 saturated carbocycles. The lowest BCUT2D eigenvalue weighted by Gasteiger charge is -2.29. The number of hydrogen-bond donors (Lipinski definition) is 1. The Morgan fingerprint density at radius 2 is 2.10 bits per heavy atom. The summed E-state index contributed by atoms with van der Waals surface area (Å²) in [5.74, 6) is 0. The van der Waals surface area contributed by atoms with Crippen molar-refractivity contribution in [2.24, 2.45) is 5.73 Å². The Kier molecular flexibility index (Phi) is 5.85. The minimum absolute atomic E-state index is 0.212. The molecule has 2 nitrogen and oxygen atoms in total. The number of hydrogen-bond acceptors (Lipinski definition) is 3. The van der Waals surface area contributed by atoms with Gasteiger partial charge in [-0.2, -0.15) is 0 Å². The van der Waals surface area contributed by atoms with Crippen molar-refractivity contribution < 1.29 is 0 Å². The average Bonchev–Trinajstić information content (AvgIpc) is 3.00. The second-order valence-electron chi connectivity index (χ2n) is 5.45. The number of rotatable bonds is 6. The van der Waals surface area contributed by atoms with Gasteiger partial charge in [0, 0.05) is 28.1 Å². The molecule has 0 aliphatic heterocycles. The van der Waals surface area contributed by atoms with E-state index in [1.54, 1.807) is 11.3 Å². The van der Waals surface area contributed by atoms with Crippen LogP contribution in [0, 0.1) is 0 Å². The summed E-state index contributed by atoms with van der Waals surface area (Å²) in [5, 5.41) is 2.13. The largest absolute Gasteiger partial charge is 0.367 e. The van der Waals surface area contributed by atoms with Crippen molar-refractivity contribution in [3.05, 3.63) is 50.6 Å². The van der Waals surface area contributed by atoms with Crippen LogP contribution in [0.25, 0.3) is 0 Å².